The summed E-state index contributed by atoms with van der Waals surface area (Å²) < 4.78 is 0. The van der Waals surface area contributed by atoms with Gasteiger partial charge in [-0.15, -0.1) is 0 Å². The number of hydrogen-bond acceptors (Lipinski definition) is 6. The van der Waals surface area contributed by atoms with Gasteiger partial charge in [0.05, 0.1) is 11.9 Å². The SMILES string of the molecule is NC(=O)c1c(Nc2cnccn2)n[nH]c1-c1ccc(NC(=O)N2CCC[C@@H](c3ccccc3)C2)cc1. The maximum absolute atomic E-state index is 12.9. The monoisotopic (exact) mass is 482 g/mol. The second-order valence-corrected chi connectivity index (χ2v) is 8.61. The highest BCUT2D eigenvalue weighted by molar-refractivity contribution is 6.04. The van der Waals surface area contributed by atoms with E-state index in [2.05, 4.69) is 42.9 Å². The minimum atomic E-state index is -0.638. The van der Waals surface area contributed by atoms with Crippen molar-refractivity contribution in [2.75, 3.05) is 23.7 Å². The van der Waals surface area contributed by atoms with E-state index in [0.717, 1.165) is 19.4 Å². The first kappa shape index (κ1) is 23.0. The van der Waals surface area contributed by atoms with Crippen LogP contribution < -0.4 is 16.4 Å². The molecular weight excluding hydrogens is 456 g/mol. The Kier molecular flexibility index (Phi) is 6.57. The number of amides is 3. The summed E-state index contributed by atoms with van der Waals surface area (Å²) in [4.78, 5) is 35.1. The molecule has 1 aliphatic heterocycles. The average molecular weight is 483 g/mol. The number of piperidine rings is 1. The topological polar surface area (TPSA) is 142 Å². The molecule has 1 atom stereocenters. The largest absolute Gasteiger partial charge is 0.365 e. The summed E-state index contributed by atoms with van der Waals surface area (Å²) in [6.07, 6.45) is 6.62. The molecule has 10 heteroatoms. The van der Waals surface area contributed by atoms with Crippen LogP contribution in [-0.2, 0) is 0 Å². The predicted molar refractivity (Wildman–Crippen MR) is 137 cm³/mol. The molecule has 10 nitrogen and oxygen atoms in total. The molecule has 1 fully saturated rings. The molecule has 0 radical (unpaired) electrons. The van der Waals surface area contributed by atoms with Gasteiger partial charge in [-0.2, -0.15) is 5.10 Å². The van der Waals surface area contributed by atoms with Crippen LogP contribution in [0.2, 0.25) is 0 Å². The number of H-pyrrole nitrogens is 1. The first-order valence-electron chi connectivity index (χ1n) is 11.7. The first-order chi connectivity index (χ1) is 17.6. The van der Waals surface area contributed by atoms with Crippen molar-refractivity contribution in [3.63, 3.8) is 0 Å². The van der Waals surface area contributed by atoms with Gasteiger partial charge in [-0.1, -0.05) is 42.5 Å². The molecule has 5 rings (SSSR count). The van der Waals surface area contributed by atoms with Crippen molar-refractivity contribution >= 4 is 29.3 Å². The zero-order valence-corrected chi connectivity index (χ0v) is 19.5. The van der Waals surface area contributed by atoms with Crippen molar-refractivity contribution in [1.82, 2.24) is 25.1 Å². The van der Waals surface area contributed by atoms with Gasteiger partial charge in [0, 0.05) is 42.7 Å². The molecule has 3 amide bonds. The van der Waals surface area contributed by atoms with E-state index in [1.165, 1.54) is 18.0 Å². The van der Waals surface area contributed by atoms with Gasteiger partial charge >= 0.3 is 6.03 Å². The lowest BCUT2D eigenvalue weighted by atomic mass is 9.91. The number of primary amides is 1. The number of benzene rings is 2. The number of nitrogens with zero attached hydrogens (tertiary/aromatic N) is 4. The molecule has 1 aliphatic rings. The van der Waals surface area contributed by atoms with E-state index in [1.54, 1.807) is 30.5 Å². The molecule has 0 spiro atoms. The van der Waals surface area contributed by atoms with E-state index < -0.39 is 5.91 Å². The maximum atomic E-state index is 12.9. The van der Waals surface area contributed by atoms with Gasteiger partial charge in [0.15, 0.2) is 5.82 Å². The van der Waals surface area contributed by atoms with Crippen LogP contribution in [0.15, 0.2) is 73.2 Å². The molecule has 0 unspecified atom stereocenters. The maximum Gasteiger partial charge on any atom is 0.321 e. The number of nitrogens with two attached hydrogens (primary N) is 1. The molecular formula is C26H26N8O2. The lowest BCUT2D eigenvalue weighted by Gasteiger charge is -2.33. The highest BCUT2D eigenvalue weighted by Gasteiger charge is 2.25. The molecule has 36 heavy (non-hydrogen) atoms. The predicted octanol–water partition coefficient (Wildman–Crippen LogP) is 4.12. The van der Waals surface area contributed by atoms with Crippen molar-refractivity contribution in [2.45, 2.75) is 18.8 Å². The molecule has 0 saturated carbocycles. The van der Waals surface area contributed by atoms with E-state index in [0.29, 0.717) is 35.2 Å². The highest BCUT2D eigenvalue weighted by atomic mass is 16.2. The minimum Gasteiger partial charge on any atom is -0.365 e. The standard InChI is InChI=1S/C26H26N8O2/c27-24(35)22-23(32-33-25(22)31-21-15-28-12-13-29-21)18-8-10-20(11-9-18)30-26(36)34-14-4-7-19(16-34)17-5-2-1-3-6-17/h1-3,5-6,8-13,15,19H,4,7,14,16H2,(H2,27,35)(H,30,36)(H2,29,31,32,33)/t19-/m1/s1. The van der Waals surface area contributed by atoms with Crippen molar-refractivity contribution in [1.29, 1.82) is 0 Å². The summed E-state index contributed by atoms with van der Waals surface area (Å²) in [6.45, 7) is 1.41. The molecule has 4 aromatic rings. The fourth-order valence-corrected chi connectivity index (χ4v) is 4.45. The second-order valence-electron chi connectivity index (χ2n) is 8.61. The lowest BCUT2D eigenvalue weighted by molar-refractivity contribution is 0.100. The normalized spacial score (nSPS) is 15.3. The zero-order chi connectivity index (χ0) is 24.9. The average Bonchev–Trinajstić information content (AvgIpc) is 3.34. The van der Waals surface area contributed by atoms with Crippen LogP contribution in [0.25, 0.3) is 11.3 Å². The molecule has 182 valence electrons. The van der Waals surface area contributed by atoms with E-state index in [1.807, 2.05) is 23.1 Å². The number of hydrogen-bond donors (Lipinski definition) is 4. The zero-order valence-electron chi connectivity index (χ0n) is 19.5. The second kappa shape index (κ2) is 10.3. The Morgan fingerprint density at radius 3 is 2.58 bits per heavy atom. The Morgan fingerprint density at radius 1 is 1.06 bits per heavy atom. The van der Waals surface area contributed by atoms with E-state index >= 15 is 0 Å². The molecule has 0 bridgehead atoms. The minimum absolute atomic E-state index is 0.127. The van der Waals surface area contributed by atoms with Crippen molar-refractivity contribution < 1.29 is 9.59 Å². The highest BCUT2D eigenvalue weighted by Crippen LogP contribution is 2.30. The first-order valence-corrected chi connectivity index (χ1v) is 11.7. The van der Waals surface area contributed by atoms with Crippen LogP contribution in [0, 0.1) is 0 Å². The quantitative estimate of drug-likeness (QED) is 0.326. The van der Waals surface area contributed by atoms with E-state index in [-0.39, 0.29) is 17.4 Å². The van der Waals surface area contributed by atoms with Crippen LogP contribution >= 0.6 is 0 Å². The van der Waals surface area contributed by atoms with Gasteiger partial charge in [0.25, 0.3) is 5.91 Å². The third-order valence-electron chi connectivity index (χ3n) is 6.23. The van der Waals surface area contributed by atoms with Gasteiger partial charge in [-0.25, -0.2) is 9.78 Å². The Labute approximate surface area is 208 Å². The Balaban J connectivity index is 1.28. The summed E-state index contributed by atoms with van der Waals surface area (Å²) in [5, 5.41) is 13.0. The van der Waals surface area contributed by atoms with E-state index in [9.17, 15) is 9.59 Å². The molecule has 3 heterocycles. The summed E-state index contributed by atoms with van der Waals surface area (Å²) in [6, 6.07) is 17.4. The van der Waals surface area contributed by atoms with Gasteiger partial charge in [0.1, 0.15) is 11.4 Å². The number of urea groups is 1. The van der Waals surface area contributed by atoms with Gasteiger partial charge < -0.3 is 21.3 Å². The smallest absolute Gasteiger partial charge is 0.321 e. The van der Waals surface area contributed by atoms with Crippen LogP contribution in [0.5, 0.6) is 0 Å². The van der Waals surface area contributed by atoms with Crippen molar-refractivity contribution in [2.24, 2.45) is 5.73 Å². The number of rotatable bonds is 6. The summed E-state index contributed by atoms with van der Waals surface area (Å²) >= 11 is 0. The Morgan fingerprint density at radius 2 is 1.86 bits per heavy atom. The fourth-order valence-electron chi connectivity index (χ4n) is 4.45. The summed E-state index contributed by atoms with van der Waals surface area (Å²) in [5.41, 5.74) is 8.93. The summed E-state index contributed by atoms with van der Waals surface area (Å²) in [5.74, 6) is 0.391. The molecule has 5 N–H and O–H groups in total. The van der Waals surface area contributed by atoms with Crippen LogP contribution in [0.4, 0.5) is 22.1 Å². The van der Waals surface area contributed by atoms with Crippen molar-refractivity contribution in [3.05, 3.63) is 84.3 Å². The number of anilines is 3. The molecule has 2 aromatic carbocycles. The Hall–Kier alpha value is -4.73. The van der Waals surface area contributed by atoms with Crippen LogP contribution in [-0.4, -0.2) is 50.1 Å². The van der Waals surface area contributed by atoms with Gasteiger partial charge in [-0.3, -0.25) is 14.9 Å². The molecule has 0 aliphatic carbocycles. The number of likely N-dealkylation sites (tertiary alicyclic amines) is 1. The lowest BCUT2D eigenvalue weighted by Crippen LogP contribution is -2.41. The van der Waals surface area contributed by atoms with Crippen LogP contribution in [0.3, 0.4) is 0 Å². The third-order valence-corrected chi connectivity index (χ3v) is 6.23. The number of aromatic nitrogens is 4. The van der Waals surface area contributed by atoms with Crippen LogP contribution in [0.1, 0.15) is 34.7 Å². The summed E-state index contributed by atoms with van der Waals surface area (Å²) in [7, 11) is 0. The fraction of sp³-hybridized carbons (Fsp3) is 0.192. The van der Waals surface area contributed by atoms with Gasteiger partial charge in [-0.05, 0) is 30.5 Å². The third kappa shape index (κ3) is 5.02. The number of carbonyl (C=O) groups excluding carboxylic acids is 2. The molecule has 2 aromatic heterocycles. The van der Waals surface area contributed by atoms with Crippen molar-refractivity contribution in [3.8, 4) is 11.3 Å². The van der Waals surface area contributed by atoms with E-state index in [4.69, 9.17) is 5.73 Å². The number of nitrogens with one attached hydrogen (secondary N) is 3. The Bertz CT molecular complexity index is 1340. The molecule has 1 saturated heterocycles. The number of aromatic amines is 1. The number of carbonyl (C=O) groups is 2. The van der Waals surface area contributed by atoms with Gasteiger partial charge in [0.2, 0.25) is 0 Å².